The lowest BCUT2D eigenvalue weighted by atomic mass is 9.90. The molecule has 0 spiro atoms. The molecule has 1 N–H and O–H groups in total. The van der Waals surface area contributed by atoms with Crippen LogP contribution in [0.4, 0.5) is 0 Å². The molecule has 1 saturated carbocycles. The number of Topliss-reactive ketones (excluding diaryl/α,β-unsaturated/α-hetero) is 1. The Labute approximate surface area is 204 Å². The number of ether oxygens (including phenoxy) is 2. The number of esters is 1. The number of para-hydroxylation sites is 1. The van der Waals surface area contributed by atoms with E-state index < -0.39 is 11.6 Å². The van der Waals surface area contributed by atoms with Crippen LogP contribution in [0.5, 0.6) is 5.75 Å². The van der Waals surface area contributed by atoms with E-state index in [1.165, 1.54) is 7.11 Å². The third-order valence-corrected chi connectivity index (χ3v) is 6.42. The summed E-state index contributed by atoms with van der Waals surface area (Å²) in [6.07, 6.45) is 15.4. The molecule has 0 heterocycles. The van der Waals surface area contributed by atoms with Crippen LogP contribution in [-0.2, 0) is 14.3 Å². The molecule has 1 aliphatic rings. The van der Waals surface area contributed by atoms with E-state index in [0.717, 1.165) is 38.5 Å². The fourth-order valence-corrected chi connectivity index (χ4v) is 4.48. The van der Waals surface area contributed by atoms with Crippen molar-refractivity contribution in [2.45, 2.75) is 76.7 Å². The Bertz CT molecular complexity index is 837. The van der Waals surface area contributed by atoms with E-state index in [-0.39, 0.29) is 12.5 Å². The van der Waals surface area contributed by atoms with Crippen molar-refractivity contribution in [3.63, 3.8) is 0 Å². The van der Waals surface area contributed by atoms with Crippen LogP contribution in [0.15, 0.2) is 60.4 Å². The molecule has 0 saturated heterocycles. The van der Waals surface area contributed by atoms with Crippen LogP contribution < -0.4 is 4.74 Å². The van der Waals surface area contributed by atoms with Gasteiger partial charge in [0.05, 0.1) is 7.11 Å². The van der Waals surface area contributed by atoms with Crippen LogP contribution in [0, 0.1) is 11.8 Å². The number of allylic oxidation sites excluding steroid dienone is 2. The molecule has 0 radical (unpaired) electrons. The molecule has 3 atom stereocenters. The van der Waals surface area contributed by atoms with E-state index in [1.807, 2.05) is 42.5 Å². The highest BCUT2D eigenvalue weighted by atomic mass is 16.6. The van der Waals surface area contributed by atoms with Crippen molar-refractivity contribution in [1.82, 2.24) is 0 Å². The van der Waals surface area contributed by atoms with Crippen LogP contribution in [0.2, 0.25) is 0 Å². The fourth-order valence-electron chi connectivity index (χ4n) is 4.48. The molecule has 1 aliphatic carbocycles. The Morgan fingerprint density at radius 3 is 2.65 bits per heavy atom. The number of carbonyl (C=O) groups is 2. The van der Waals surface area contributed by atoms with Crippen molar-refractivity contribution >= 4 is 11.8 Å². The maximum Gasteiger partial charge on any atom is 0.350 e. The smallest absolute Gasteiger partial charge is 0.350 e. The fraction of sp³-hybridized carbons (Fsp3) is 0.552. The first-order chi connectivity index (χ1) is 16.6. The first-order valence-corrected chi connectivity index (χ1v) is 12.6. The number of ketones is 1. The summed E-state index contributed by atoms with van der Waals surface area (Å²) >= 11 is 0. The number of rotatable bonds is 15. The quantitative estimate of drug-likeness (QED) is 0.148. The van der Waals surface area contributed by atoms with Gasteiger partial charge in [-0.15, -0.1) is 5.73 Å². The minimum atomic E-state index is -1.15. The van der Waals surface area contributed by atoms with E-state index >= 15 is 0 Å². The Balaban J connectivity index is 2.13. The molecule has 2 rings (SSSR count). The van der Waals surface area contributed by atoms with Gasteiger partial charge >= 0.3 is 5.97 Å². The molecular formula is C29H40O5. The Hall–Kier alpha value is -2.62. The van der Waals surface area contributed by atoms with Gasteiger partial charge in [0.25, 0.3) is 0 Å². The summed E-state index contributed by atoms with van der Waals surface area (Å²) in [6.45, 7) is 2.28. The van der Waals surface area contributed by atoms with Crippen LogP contribution in [0.3, 0.4) is 0 Å². The molecule has 5 heteroatoms. The SMILES string of the molecule is CC/C=C/[C@H]1CCC(=O)[C@@H]1CC=C=CCC(CCCCCC[16OH])(Oc1ccccc1)C(=O)OC. The maximum atomic E-state index is 12.9. The van der Waals surface area contributed by atoms with E-state index in [4.69, 9.17) is 14.6 Å². The third-order valence-electron chi connectivity index (χ3n) is 6.42. The second kappa shape index (κ2) is 15.3. The molecule has 0 amide bonds. The average molecular weight is 469 g/mol. The van der Waals surface area contributed by atoms with Gasteiger partial charge in [0.2, 0.25) is 5.60 Å². The molecule has 0 aromatic heterocycles. The van der Waals surface area contributed by atoms with Crippen molar-refractivity contribution < 1.29 is 24.2 Å². The summed E-state index contributed by atoms with van der Waals surface area (Å²) in [4.78, 5) is 25.2. The highest BCUT2D eigenvalue weighted by molar-refractivity contribution is 5.84. The average Bonchev–Trinajstić information content (AvgIpc) is 3.21. The topological polar surface area (TPSA) is 72.8 Å². The molecule has 1 unspecified atom stereocenters. The summed E-state index contributed by atoms with van der Waals surface area (Å²) in [5.74, 6) is 0.846. The number of aliphatic hydroxyl groups is 1. The number of unbranched alkanes of at least 4 members (excludes halogenated alkanes) is 3. The van der Waals surface area contributed by atoms with Gasteiger partial charge in [-0.1, -0.05) is 50.1 Å². The highest BCUT2D eigenvalue weighted by Gasteiger charge is 2.41. The van der Waals surface area contributed by atoms with Crippen LogP contribution in [-0.4, -0.2) is 36.2 Å². The van der Waals surface area contributed by atoms with Gasteiger partial charge in [0.1, 0.15) is 11.5 Å². The maximum absolute atomic E-state index is 12.9. The number of hydrogen-bond acceptors (Lipinski definition) is 5. The van der Waals surface area contributed by atoms with E-state index in [2.05, 4.69) is 24.8 Å². The third kappa shape index (κ3) is 8.62. The standard InChI is InChI=1S/C29H40O5/c1-3-4-15-24-19-20-27(31)26(24)18-11-8-13-22-29(28(32)33-2,21-12-5-6-14-23-30)34-25-16-9-7-10-17-25/h4,7,9-11,13,15-17,24,26,30H,3,5-6,12,14,18-23H2,1-2H3/b15-4+/t8?,24-,26+,29?/m0/s1/i30+0. The second-order valence-corrected chi connectivity index (χ2v) is 8.92. The Kier molecular flexibility index (Phi) is 12.4. The Morgan fingerprint density at radius 1 is 1.18 bits per heavy atom. The van der Waals surface area contributed by atoms with Crippen molar-refractivity contribution in [3.8, 4) is 5.75 Å². The van der Waals surface area contributed by atoms with Crippen molar-refractivity contribution in [2.24, 2.45) is 11.8 Å². The predicted molar refractivity (Wildman–Crippen MR) is 135 cm³/mol. The second-order valence-electron chi connectivity index (χ2n) is 8.92. The summed E-state index contributed by atoms with van der Waals surface area (Å²) in [5, 5.41) is 9.03. The molecule has 0 aliphatic heterocycles. The molecule has 1 aromatic carbocycles. The largest absolute Gasteiger partial charge is 0.475 e. The van der Waals surface area contributed by atoms with Crippen molar-refractivity contribution in [1.29, 1.82) is 0 Å². The zero-order chi connectivity index (χ0) is 24.7. The predicted octanol–water partition coefficient (Wildman–Crippen LogP) is 5.97. The number of carbonyl (C=O) groups excluding carboxylic acids is 2. The van der Waals surface area contributed by atoms with Crippen LogP contribution >= 0.6 is 0 Å². The molecule has 186 valence electrons. The van der Waals surface area contributed by atoms with Gasteiger partial charge in [-0.3, -0.25) is 4.79 Å². The normalized spacial score (nSPS) is 19.4. The van der Waals surface area contributed by atoms with Gasteiger partial charge in [-0.25, -0.2) is 4.79 Å². The van der Waals surface area contributed by atoms with Crippen molar-refractivity contribution in [2.75, 3.05) is 13.7 Å². The lowest BCUT2D eigenvalue weighted by Gasteiger charge is -2.31. The van der Waals surface area contributed by atoms with Crippen LogP contribution in [0.1, 0.15) is 71.1 Å². The van der Waals surface area contributed by atoms with Crippen molar-refractivity contribution in [3.05, 3.63) is 60.4 Å². The molecule has 1 aromatic rings. The zero-order valence-electron chi connectivity index (χ0n) is 20.7. The van der Waals surface area contributed by atoms with E-state index in [1.54, 1.807) is 0 Å². The molecule has 5 nitrogen and oxygen atoms in total. The zero-order valence-corrected chi connectivity index (χ0v) is 20.7. The molecule has 1 fully saturated rings. The summed E-state index contributed by atoms with van der Waals surface area (Å²) in [6, 6.07) is 9.31. The first kappa shape index (κ1) is 27.6. The summed E-state index contributed by atoms with van der Waals surface area (Å²) < 4.78 is 11.4. The lowest BCUT2D eigenvalue weighted by Crippen LogP contribution is -2.45. The summed E-state index contributed by atoms with van der Waals surface area (Å²) in [5.41, 5.74) is 2.05. The number of methoxy groups -OCH3 is 1. The minimum Gasteiger partial charge on any atom is -0.475 e. The number of hydrogen-bond donors (Lipinski definition) is 1. The summed E-state index contributed by atoms with van der Waals surface area (Å²) in [7, 11) is 1.38. The number of benzene rings is 1. The molecular weight excluding hydrogens is 428 g/mol. The van der Waals surface area contributed by atoms with Gasteiger partial charge in [-0.2, -0.15) is 0 Å². The first-order valence-electron chi connectivity index (χ1n) is 12.6. The Morgan fingerprint density at radius 2 is 1.94 bits per heavy atom. The monoisotopic (exact) mass is 468 g/mol. The highest BCUT2D eigenvalue weighted by Crippen LogP contribution is 2.33. The van der Waals surface area contributed by atoms with Crippen LogP contribution in [0.25, 0.3) is 0 Å². The molecule has 0 bridgehead atoms. The molecule has 34 heavy (non-hydrogen) atoms. The lowest BCUT2D eigenvalue weighted by molar-refractivity contribution is -0.159. The van der Waals surface area contributed by atoms with Gasteiger partial charge in [0.15, 0.2) is 0 Å². The van der Waals surface area contributed by atoms with Gasteiger partial charge in [0, 0.05) is 25.4 Å². The van der Waals surface area contributed by atoms with E-state index in [0.29, 0.717) is 43.1 Å². The van der Waals surface area contributed by atoms with E-state index in [9.17, 15) is 9.59 Å². The number of aliphatic hydroxyl groups excluding tert-OH is 1. The van der Waals surface area contributed by atoms with Gasteiger partial charge in [-0.05, 0) is 68.7 Å². The van der Waals surface area contributed by atoms with Gasteiger partial charge < -0.3 is 14.6 Å². The minimum absolute atomic E-state index is 0.0150.